The number of fused-ring (bicyclic) bond motifs is 1. The minimum Gasteiger partial charge on any atom is -0.493 e. The maximum absolute atomic E-state index is 5.90. The van der Waals surface area contributed by atoms with Gasteiger partial charge in [-0.25, -0.2) is 4.98 Å². The second-order valence-electron chi connectivity index (χ2n) is 5.31. The van der Waals surface area contributed by atoms with Gasteiger partial charge < -0.3 is 10.1 Å². The van der Waals surface area contributed by atoms with Crippen molar-refractivity contribution in [3.05, 3.63) is 17.7 Å². The van der Waals surface area contributed by atoms with Gasteiger partial charge in [0.05, 0.1) is 16.8 Å². The van der Waals surface area contributed by atoms with Gasteiger partial charge in [0.25, 0.3) is 0 Å². The molecular formula is C16H24N2OS. The van der Waals surface area contributed by atoms with Gasteiger partial charge in [-0.2, -0.15) is 0 Å². The Labute approximate surface area is 125 Å². The predicted molar refractivity (Wildman–Crippen MR) is 88.3 cm³/mol. The lowest BCUT2D eigenvalue weighted by Crippen LogP contribution is -2.00. The topological polar surface area (TPSA) is 34.2 Å². The maximum atomic E-state index is 5.90. The average molecular weight is 292 g/mol. The number of anilines is 1. The van der Waals surface area contributed by atoms with Gasteiger partial charge in [-0.15, -0.1) is 0 Å². The fourth-order valence-corrected chi connectivity index (χ4v) is 2.97. The van der Waals surface area contributed by atoms with E-state index in [2.05, 4.69) is 50.1 Å². The van der Waals surface area contributed by atoms with Crippen LogP contribution in [0.5, 0.6) is 5.75 Å². The summed E-state index contributed by atoms with van der Waals surface area (Å²) >= 11 is 1.70. The highest BCUT2D eigenvalue weighted by Crippen LogP contribution is 2.35. The molecule has 110 valence electrons. The Morgan fingerprint density at radius 1 is 1.25 bits per heavy atom. The molecule has 1 aromatic carbocycles. The summed E-state index contributed by atoms with van der Waals surface area (Å²) in [5, 5.41) is 4.37. The predicted octanol–water partition coefficient (Wildman–Crippen LogP) is 5.03. The molecule has 4 heteroatoms. The molecule has 1 heterocycles. The molecule has 0 saturated carbocycles. The number of aromatic nitrogens is 1. The molecule has 0 fully saturated rings. The number of benzene rings is 1. The molecule has 0 atom stereocenters. The minimum atomic E-state index is 0.444. The van der Waals surface area contributed by atoms with E-state index >= 15 is 0 Å². The van der Waals surface area contributed by atoms with Gasteiger partial charge in [0.1, 0.15) is 5.75 Å². The van der Waals surface area contributed by atoms with Crippen LogP contribution in [-0.2, 0) is 0 Å². The van der Waals surface area contributed by atoms with E-state index in [1.165, 1.54) is 10.3 Å². The van der Waals surface area contributed by atoms with Crippen molar-refractivity contribution in [3.8, 4) is 5.75 Å². The van der Waals surface area contributed by atoms with Gasteiger partial charge in [0.2, 0.25) is 0 Å². The van der Waals surface area contributed by atoms with Gasteiger partial charge in [0, 0.05) is 6.54 Å². The van der Waals surface area contributed by atoms with E-state index in [4.69, 9.17) is 4.74 Å². The molecule has 2 rings (SSSR count). The summed E-state index contributed by atoms with van der Waals surface area (Å²) in [5.74, 6) is 1.46. The van der Waals surface area contributed by atoms with Crippen LogP contribution in [0.15, 0.2) is 12.1 Å². The summed E-state index contributed by atoms with van der Waals surface area (Å²) in [7, 11) is 0. The summed E-state index contributed by atoms with van der Waals surface area (Å²) in [6.07, 6.45) is 2.14. The van der Waals surface area contributed by atoms with Crippen LogP contribution in [0.2, 0.25) is 0 Å². The fraction of sp³-hybridized carbons (Fsp3) is 0.562. The molecule has 0 bridgehead atoms. The lowest BCUT2D eigenvalue weighted by atomic mass is 10.0. The number of hydrogen-bond acceptors (Lipinski definition) is 4. The highest BCUT2D eigenvalue weighted by Gasteiger charge is 2.13. The molecule has 3 nitrogen and oxygen atoms in total. The highest BCUT2D eigenvalue weighted by atomic mass is 32.1. The Bertz CT molecular complexity index is 563. The normalized spacial score (nSPS) is 11.2. The monoisotopic (exact) mass is 292 g/mol. The van der Waals surface area contributed by atoms with Crippen molar-refractivity contribution in [2.75, 3.05) is 18.5 Å². The summed E-state index contributed by atoms with van der Waals surface area (Å²) in [4.78, 5) is 4.67. The Morgan fingerprint density at radius 3 is 2.70 bits per heavy atom. The summed E-state index contributed by atoms with van der Waals surface area (Å²) < 4.78 is 7.10. The van der Waals surface area contributed by atoms with E-state index in [0.29, 0.717) is 5.92 Å². The van der Waals surface area contributed by atoms with Crippen LogP contribution < -0.4 is 10.1 Å². The first-order valence-corrected chi connectivity index (χ1v) is 8.28. The molecule has 0 aliphatic carbocycles. The molecule has 0 saturated heterocycles. The standard InChI is InChI=1S/C16H24N2OS/c1-5-7-17-16-18-13-9-12(11(3)4)14(19-8-6-2)10-15(13)20-16/h9-11H,5-8H2,1-4H3,(H,17,18). The molecule has 0 aliphatic rings. The third-order valence-electron chi connectivity index (χ3n) is 3.13. The van der Waals surface area contributed by atoms with E-state index in [0.717, 1.165) is 42.4 Å². The van der Waals surface area contributed by atoms with Crippen LogP contribution >= 0.6 is 11.3 Å². The van der Waals surface area contributed by atoms with E-state index in [9.17, 15) is 0 Å². The Kier molecular flexibility index (Phi) is 5.24. The second-order valence-corrected chi connectivity index (χ2v) is 6.34. The van der Waals surface area contributed by atoms with Crippen molar-refractivity contribution in [1.29, 1.82) is 0 Å². The van der Waals surface area contributed by atoms with Crippen LogP contribution in [0.3, 0.4) is 0 Å². The van der Waals surface area contributed by atoms with Crippen molar-refractivity contribution in [2.24, 2.45) is 0 Å². The molecule has 20 heavy (non-hydrogen) atoms. The van der Waals surface area contributed by atoms with Crippen LogP contribution in [-0.4, -0.2) is 18.1 Å². The number of rotatable bonds is 7. The first-order chi connectivity index (χ1) is 9.65. The smallest absolute Gasteiger partial charge is 0.183 e. The van der Waals surface area contributed by atoms with Gasteiger partial charge in [0.15, 0.2) is 5.13 Å². The van der Waals surface area contributed by atoms with Crippen molar-refractivity contribution in [2.45, 2.75) is 46.5 Å². The summed E-state index contributed by atoms with van der Waals surface area (Å²) in [6, 6.07) is 4.33. The van der Waals surface area contributed by atoms with E-state index in [1.807, 2.05) is 0 Å². The largest absolute Gasteiger partial charge is 0.493 e. The van der Waals surface area contributed by atoms with Gasteiger partial charge in [-0.3, -0.25) is 0 Å². The molecule has 1 N–H and O–H groups in total. The Morgan fingerprint density at radius 2 is 2.05 bits per heavy atom. The second kappa shape index (κ2) is 6.93. The zero-order valence-corrected chi connectivity index (χ0v) is 13.6. The maximum Gasteiger partial charge on any atom is 0.183 e. The lowest BCUT2D eigenvalue weighted by molar-refractivity contribution is 0.313. The lowest BCUT2D eigenvalue weighted by Gasteiger charge is -2.13. The molecule has 0 radical (unpaired) electrons. The molecule has 0 amide bonds. The number of hydrogen-bond donors (Lipinski definition) is 1. The summed E-state index contributed by atoms with van der Waals surface area (Å²) in [6.45, 7) is 10.4. The average Bonchev–Trinajstić information content (AvgIpc) is 2.83. The zero-order valence-electron chi connectivity index (χ0n) is 12.8. The van der Waals surface area contributed by atoms with Crippen molar-refractivity contribution in [3.63, 3.8) is 0 Å². The van der Waals surface area contributed by atoms with Crippen LogP contribution in [0.1, 0.15) is 52.0 Å². The van der Waals surface area contributed by atoms with E-state index in [-0.39, 0.29) is 0 Å². The van der Waals surface area contributed by atoms with Crippen LogP contribution in [0.4, 0.5) is 5.13 Å². The van der Waals surface area contributed by atoms with Gasteiger partial charge in [-0.1, -0.05) is 39.0 Å². The highest BCUT2D eigenvalue weighted by molar-refractivity contribution is 7.22. The number of nitrogens with one attached hydrogen (secondary N) is 1. The summed E-state index contributed by atoms with van der Waals surface area (Å²) in [5.41, 5.74) is 2.32. The van der Waals surface area contributed by atoms with Crippen molar-refractivity contribution < 1.29 is 4.74 Å². The Balaban J connectivity index is 2.36. The number of nitrogens with zero attached hydrogens (tertiary/aromatic N) is 1. The minimum absolute atomic E-state index is 0.444. The first kappa shape index (κ1) is 15.1. The van der Waals surface area contributed by atoms with E-state index in [1.54, 1.807) is 11.3 Å². The van der Waals surface area contributed by atoms with Gasteiger partial charge >= 0.3 is 0 Å². The Hall–Kier alpha value is -1.29. The molecular weight excluding hydrogens is 268 g/mol. The number of ether oxygens (including phenoxy) is 1. The molecule has 0 unspecified atom stereocenters. The fourth-order valence-electron chi connectivity index (χ4n) is 2.07. The first-order valence-electron chi connectivity index (χ1n) is 7.46. The van der Waals surface area contributed by atoms with Crippen LogP contribution in [0, 0.1) is 0 Å². The van der Waals surface area contributed by atoms with Crippen LogP contribution in [0.25, 0.3) is 10.2 Å². The van der Waals surface area contributed by atoms with Crippen molar-refractivity contribution in [1.82, 2.24) is 4.98 Å². The van der Waals surface area contributed by atoms with E-state index < -0.39 is 0 Å². The molecule has 1 aromatic heterocycles. The zero-order chi connectivity index (χ0) is 14.5. The van der Waals surface area contributed by atoms with Gasteiger partial charge in [-0.05, 0) is 36.5 Å². The van der Waals surface area contributed by atoms with Crippen molar-refractivity contribution >= 4 is 26.7 Å². The quantitative estimate of drug-likeness (QED) is 0.777. The number of thiazole rings is 1. The SMILES string of the molecule is CCCNc1nc2cc(C(C)C)c(OCCC)cc2s1. The third kappa shape index (κ3) is 3.42. The third-order valence-corrected chi connectivity index (χ3v) is 4.11. The molecule has 0 spiro atoms. The molecule has 0 aliphatic heterocycles. The molecule has 2 aromatic rings.